The van der Waals surface area contributed by atoms with Crippen molar-refractivity contribution in [1.82, 2.24) is 10.2 Å². The average Bonchev–Trinajstić information content (AvgIpc) is 2.16. The summed E-state index contributed by atoms with van der Waals surface area (Å²) >= 11 is 0. The molecule has 0 aromatic rings. The number of likely N-dealkylation sites (N-methyl/N-ethyl adjacent to an activating group) is 1. The highest BCUT2D eigenvalue weighted by Crippen LogP contribution is 2.22. The number of nitrogens with zero attached hydrogens (tertiary/aromatic N) is 1. The van der Waals surface area contributed by atoms with Gasteiger partial charge < -0.3 is 15.3 Å². The Labute approximate surface area is 100 Å². The van der Waals surface area contributed by atoms with Gasteiger partial charge in [-0.3, -0.25) is 0 Å². The van der Waals surface area contributed by atoms with E-state index in [1.807, 2.05) is 25.9 Å². The summed E-state index contributed by atoms with van der Waals surface area (Å²) in [5.41, 5.74) is -0.613. The highest BCUT2D eigenvalue weighted by molar-refractivity contribution is 4.79. The summed E-state index contributed by atoms with van der Waals surface area (Å²) in [5.74, 6) is 0.837. The van der Waals surface area contributed by atoms with Gasteiger partial charge in [-0.25, -0.2) is 0 Å². The molecule has 0 radical (unpaired) electrons. The van der Waals surface area contributed by atoms with Crippen LogP contribution in [-0.2, 0) is 0 Å². The van der Waals surface area contributed by atoms with Crippen molar-refractivity contribution in [3.05, 3.63) is 0 Å². The Balaban J connectivity index is 2.13. The minimum absolute atomic E-state index is 0.613. The van der Waals surface area contributed by atoms with E-state index >= 15 is 0 Å². The van der Waals surface area contributed by atoms with Crippen LogP contribution in [0.1, 0.15) is 39.0 Å². The molecular weight excluding hydrogens is 200 g/mol. The highest BCUT2D eigenvalue weighted by atomic mass is 16.3. The highest BCUT2D eigenvalue weighted by Gasteiger charge is 2.21. The monoisotopic (exact) mass is 228 g/mol. The van der Waals surface area contributed by atoms with E-state index in [9.17, 15) is 5.11 Å². The molecule has 0 aliphatic heterocycles. The van der Waals surface area contributed by atoms with Crippen LogP contribution < -0.4 is 5.32 Å². The van der Waals surface area contributed by atoms with Crippen LogP contribution in [0.4, 0.5) is 0 Å². The molecule has 16 heavy (non-hydrogen) atoms. The van der Waals surface area contributed by atoms with Crippen molar-refractivity contribution in [2.75, 3.05) is 33.7 Å². The SMILES string of the molecule is CN(C)CC(C)(O)CNCC1CCCCC1. The zero-order valence-corrected chi connectivity index (χ0v) is 11.1. The molecule has 2 N–H and O–H groups in total. The van der Waals surface area contributed by atoms with Crippen molar-refractivity contribution in [1.29, 1.82) is 0 Å². The molecule has 1 aliphatic carbocycles. The number of hydrogen-bond acceptors (Lipinski definition) is 3. The van der Waals surface area contributed by atoms with Crippen molar-refractivity contribution in [3.63, 3.8) is 0 Å². The lowest BCUT2D eigenvalue weighted by molar-refractivity contribution is 0.0328. The summed E-state index contributed by atoms with van der Waals surface area (Å²) in [7, 11) is 3.99. The summed E-state index contributed by atoms with van der Waals surface area (Å²) in [5, 5.41) is 13.5. The molecule has 0 aromatic carbocycles. The normalized spacial score (nSPS) is 22.3. The minimum Gasteiger partial charge on any atom is -0.388 e. The molecule has 1 unspecified atom stereocenters. The van der Waals surface area contributed by atoms with E-state index in [0.717, 1.165) is 12.5 Å². The first-order valence-corrected chi connectivity index (χ1v) is 6.57. The molecule has 0 amide bonds. The van der Waals surface area contributed by atoms with Gasteiger partial charge in [0.2, 0.25) is 0 Å². The van der Waals surface area contributed by atoms with E-state index in [-0.39, 0.29) is 0 Å². The predicted octanol–water partition coefficient (Wildman–Crippen LogP) is 1.47. The van der Waals surface area contributed by atoms with Gasteiger partial charge in [-0.15, -0.1) is 0 Å². The van der Waals surface area contributed by atoms with Crippen molar-refractivity contribution in [2.24, 2.45) is 5.92 Å². The number of rotatable bonds is 6. The standard InChI is InChI=1S/C13H28N2O/c1-13(16,11-15(2)3)10-14-9-12-7-5-4-6-8-12/h12,14,16H,4-11H2,1-3H3. The van der Waals surface area contributed by atoms with E-state index in [1.54, 1.807) is 0 Å². The number of aliphatic hydroxyl groups is 1. The molecule has 1 saturated carbocycles. The Morgan fingerprint density at radius 3 is 2.44 bits per heavy atom. The maximum absolute atomic E-state index is 10.1. The van der Waals surface area contributed by atoms with Gasteiger partial charge in [-0.1, -0.05) is 19.3 Å². The van der Waals surface area contributed by atoms with Gasteiger partial charge in [0.05, 0.1) is 5.60 Å². The van der Waals surface area contributed by atoms with Gasteiger partial charge in [0.15, 0.2) is 0 Å². The first kappa shape index (κ1) is 13.9. The third-order valence-electron chi connectivity index (χ3n) is 3.32. The molecule has 3 heteroatoms. The molecule has 0 aromatic heterocycles. The molecular formula is C13H28N2O. The lowest BCUT2D eigenvalue weighted by Crippen LogP contribution is -2.46. The Bertz CT molecular complexity index is 186. The molecule has 0 saturated heterocycles. The van der Waals surface area contributed by atoms with E-state index in [1.165, 1.54) is 32.1 Å². The van der Waals surface area contributed by atoms with Crippen molar-refractivity contribution in [3.8, 4) is 0 Å². The topological polar surface area (TPSA) is 35.5 Å². The Hall–Kier alpha value is -0.120. The number of hydrogen-bond donors (Lipinski definition) is 2. The van der Waals surface area contributed by atoms with Crippen LogP contribution in [-0.4, -0.2) is 49.3 Å². The lowest BCUT2D eigenvalue weighted by Gasteiger charge is -2.29. The van der Waals surface area contributed by atoms with Gasteiger partial charge in [-0.05, 0) is 46.3 Å². The summed E-state index contributed by atoms with van der Waals surface area (Å²) in [6.07, 6.45) is 6.92. The third kappa shape index (κ3) is 5.83. The molecule has 96 valence electrons. The zero-order valence-electron chi connectivity index (χ0n) is 11.1. The van der Waals surface area contributed by atoms with E-state index in [0.29, 0.717) is 13.1 Å². The summed E-state index contributed by atoms with van der Waals surface area (Å²) in [6.45, 7) is 4.39. The molecule has 0 heterocycles. The van der Waals surface area contributed by atoms with Crippen molar-refractivity contribution < 1.29 is 5.11 Å². The van der Waals surface area contributed by atoms with E-state index < -0.39 is 5.60 Å². The van der Waals surface area contributed by atoms with Crippen molar-refractivity contribution in [2.45, 2.75) is 44.6 Å². The minimum atomic E-state index is -0.613. The molecule has 0 spiro atoms. The smallest absolute Gasteiger partial charge is 0.0869 e. The maximum atomic E-state index is 10.1. The number of nitrogens with one attached hydrogen (secondary N) is 1. The van der Waals surface area contributed by atoms with Gasteiger partial charge >= 0.3 is 0 Å². The van der Waals surface area contributed by atoms with Crippen LogP contribution in [0.2, 0.25) is 0 Å². The van der Waals surface area contributed by atoms with Crippen LogP contribution in [0.15, 0.2) is 0 Å². The predicted molar refractivity (Wildman–Crippen MR) is 68.6 cm³/mol. The van der Waals surface area contributed by atoms with Crippen LogP contribution in [0, 0.1) is 5.92 Å². The molecule has 0 bridgehead atoms. The largest absolute Gasteiger partial charge is 0.388 e. The summed E-state index contributed by atoms with van der Waals surface area (Å²) in [6, 6.07) is 0. The first-order valence-electron chi connectivity index (χ1n) is 6.57. The lowest BCUT2D eigenvalue weighted by atomic mass is 9.89. The second-order valence-electron chi connectivity index (χ2n) is 5.87. The first-order chi connectivity index (χ1) is 7.49. The van der Waals surface area contributed by atoms with Gasteiger partial charge in [0.1, 0.15) is 0 Å². The second-order valence-corrected chi connectivity index (χ2v) is 5.87. The summed E-state index contributed by atoms with van der Waals surface area (Å²) < 4.78 is 0. The Morgan fingerprint density at radius 2 is 1.88 bits per heavy atom. The molecule has 3 nitrogen and oxygen atoms in total. The molecule has 1 aliphatic rings. The summed E-state index contributed by atoms with van der Waals surface area (Å²) in [4.78, 5) is 2.03. The molecule has 1 atom stereocenters. The quantitative estimate of drug-likeness (QED) is 0.722. The average molecular weight is 228 g/mol. The van der Waals surface area contributed by atoms with Gasteiger partial charge in [0, 0.05) is 13.1 Å². The van der Waals surface area contributed by atoms with Crippen LogP contribution in [0.25, 0.3) is 0 Å². The van der Waals surface area contributed by atoms with Gasteiger partial charge in [-0.2, -0.15) is 0 Å². The fourth-order valence-corrected chi connectivity index (χ4v) is 2.67. The van der Waals surface area contributed by atoms with Crippen LogP contribution in [0.3, 0.4) is 0 Å². The maximum Gasteiger partial charge on any atom is 0.0869 e. The van der Waals surface area contributed by atoms with Crippen molar-refractivity contribution >= 4 is 0 Å². The van der Waals surface area contributed by atoms with Crippen LogP contribution >= 0.6 is 0 Å². The fourth-order valence-electron chi connectivity index (χ4n) is 2.67. The van der Waals surface area contributed by atoms with E-state index in [2.05, 4.69) is 5.32 Å². The van der Waals surface area contributed by atoms with Gasteiger partial charge in [0.25, 0.3) is 0 Å². The van der Waals surface area contributed by atoms with Crippen LogP contribution in [0.5, 0.6) is 0 Å². The molecule has 1 rings (SSSR count). The zero-order chi connectivity index (χ0) is 12.0. The fraction of sp³-hybridized carbons (Fsp3) is 1.00. The second kappa shape index (κ2) is 6.58. The Kier molecular flexibility index (Phi) is 5.73. The molecule has 1 fully saturated rings. The van der Waals surface area contributed by atoms with E-state index in [4.69, 9.17) is 0 Å². The third-order valence-corrected chi connectivity index (χ3v) is 3.32. The Morgan fingerprint density at radius 1 is 1.25 bits per heavy atom.